The van der Waals surface area contributed by atoms with E-state index in [0.717, 1.165) is 0 Å². The first-order valence-corrected chi connectivity index (χ1v) is 18.9. The third-order valence-corrected chi connectivity index (χ3v) is 9.47. The van der Waals surface area contributed by atoms with Crippen molar-refractivity contribution >= 4 is 92.9 Å². The van der Waals surface area contributed by atoms with E-state index < -0.39 is 23.4 Å². The van der Waals surface area contributed by atoms with Crippen LogP contribution >= 0.6 is 23.2 Å². The van der Waals surface area contributed by atoms with Crippen LogP contribution in [-0.2, 0) is 36.2 Å². The molecule has 2 aliphatic carbocycles. The van der Waals surface area contributed by atoms with Crippen molar-refractivity contribution in [3.63, 3.8) is 0 Å². The van der Waals surface area contributed by atoms with Gasteiger partial charge in [0.25, 0.3) is 11.8 Å². The number of hydrazone groups is 2. The average Bonchev–Trinajstić information content (AvgIpc) is 3.25. The molecule has 0 saturated heterocycles. The first-order chi connectivity index (χ1) is 29.0. The summed E-state index contributed by atoms with van der Waals surface area (Å²) in [4.78, 5) is 51.8. The van der Waals surface area contributed by atoms with Crippen LogP contribution in [0.25, 0.3) is 12.2 Å². The molecular weight excluding hydrogens is 859 g/mol. The van der Waals surface area contributed by atoms with E-state index in [0.29, 0.717) is 43.7 Å². The molecule has 0 saturated carbocycles. The number of benzene rings is 6. The number of halogens is 2. The topological polar surface area (TPSA) is 182 Å². The number of aromatic hydroxyl groups is 2. The van der Waals surface area contributed by atoms with E-state index >= 15 is 0 Å². The fourth-order valence-corrected chi connectivity index (χ4v) is 6.39. The van der Waals surface area contributed by atoms with Gasteiger partial charge in [0.15, 0.2) is 0 Å². The van der Waals surface area contributed by atoms with Crippen LogP contribution in [0.3, 0.4) is 0 Å². The average molecular weight is 893 g/mol. The van der Waals surface area contributed by atoms with Crippen LogP contribution < -0.4 is 21.5 Å². The Morgan fingerprint density at radius 2 is 0.869 bits per heavy atom. The van der Waals surface area contributed by atoms with Gasteiger partial charge in [0, 0.05) is 49.6 Å². The van der Waals surface area contributed by atoms with Gasteiger partial charge in [0.05, 0.1) is 22.5 Å². The Hall–Kier alpha value is -7.28. The van der Waals surface area contributed by atoms with Gasteiger partial charge in [-0.15, -0.1) is 0 Å². The number of hydrogen-bond donors (Lipinski definition) is 6. The van der Waals surface area contributed by atoms with Crippen molar-refractivity contribution in [3.8, 4) is 11.5 Å². The van der Waals surface area contributed by atoms with Gasteiger partial charge >= 0.3 is 1.43 Å². The molecule has 0 radical (unpaired) electrons. The minimum absolute atomic E-state index is 0. The van der Waals surface area contributed by atoms with Gasteiger partial charge in [-0.3, -0.25) is 30.0 Å². The van der Waals surface area contributed by atoms with E-state index in [-0.39, 0.29) is 63.9 Å². The normalized spacial score (nSPS) is 13.9. The van der Waals surface area contributed by atoms with Crippen molar-refractivity contribution in [1.29, 1.82) is 0 Å². The molecule has 12 nitrogen and oxygen atoms in total. The summed E-state index contributed by atoms with van der Waals surface area (Å²) in [5, 5.41) is 34.6. The van der Waals surface area contributed by atoms with E-state index in [2.05, 4.69) is 31.7 Å². The summed E-state index contributed by atoms with van der Waals surface area (Å²) in [6.07, 6.45) is 3.09. The zero-order valence-corrected chi connectivity index (χ0v) is 34.2. The molecule has 61 heavy (non-hydrogen) atoms. The number of anilines is 4. The number of rotatable bonds is 8. The predicted octanol–water partition coefficient (Wildman–Crippen LogP) is 9.04. The van der Waals surface area contributed by atoms with Gasteiger partial charge in [-0.1, -0.05) is 108 Å². The summed E-state index contributed by atoms with van der Waals surface area (Å²) >= 11 is 11.9. The Kier molecular flexibility index (Phi) is 13.9. The van der Waals surface area contributed by atoms with E-state index in [1.165, 1.54) is 36.4 Å². The maximum atomic E-state index is 13.1. The van der Waals surface area contributed by atoms with Crippen LogP contribution in [0, 0.1) is 0 Å². The molecule has 0 aromatic heterocycles. The molecule has 8 rings (SSSR count). The van der Waals surface area contributed by atoms with Crippen molar-refractivity contribution in [2.45, 2.75) is 0 Å². The molecule has 304 valence electrons. The summed E-state index contributed by atoms with van der Waals surface area (Å²) in [6, 6.07) is 40.9. The molecular formula is C46H33Cl2FeN6O6+. The molecule has 0 atom stereocenters. The van der Waals surface area contributed by atoms with E-state index in [1.807, 2.05) is 24.3 Å². The number of ketones is 2. The van der Waals surface area contributed by atoms with E-state index in [9.17, 15) is 29.4 Å². The van der Waals surface area contributed by atoms with Crippen LogP contribution in [0.15, 0.2) is 167 Å². The van der Waals surface area contributed by atoms with Crippen molar-refractivity contribution < 1.29 is 47.9 Å². The number of para-hydroxylation sites is 2. The summed E-state index contributed by atoms with van der Waals surface area (Å²) in [7, 11) is 0. The van der Waals surface area contributed by atoms with Crippen LogP contribution in [0.5, 0.6) is 11.5 Å². The van der Waals surface area contributed by atoms with Crippen molar-refractivity contribution in [3.05, 3.63) is 189 Å². The number of phenols is 2. The number of nitrogens with one attached hydrogen (secondary N) is 4. The number of amides is 2. The molecule has 2 amide bonds. The molecule has 6 aromatic rings. The maximum Gasteiger partial charge on any atom is 1.00 e. The minimum atomic E-state index is -0.531. The molecule has 0 unspecified atom stereocenters. The summed E-state index contributed by atoms with van der Waals surface area (Å²) < 4.78 is 0. The van der Waals surface area contributed by atoms with Crippen LogP contribution in [-0.4, -0.2) is 45.0 Å². The Balaban J connectivity index is 0.000000227. The molecule has 0 heterocycles. The van der Waals surface area contributed by atoms with Gasteiger partial charge in [0.1, 0.15) is 22.9 Å². The molecule has 0 spiro atoms. The largest absolute Gasteiger partial charge is 1.00 e. The zero-order valence-electron chi connectivity index (χ0n) is 32.5. The van der Waals surface area contributed by atoms with E-state index in [1.54, 1.807) is 97.1 Å². The van der Waals surface area contributed by atoms with Crippen molar-refractivity contribution in [2.75, 3.05) is 21.5 Å². The predicted molar refractivity (Wildman–Crippen MR) is 237 cm³/mol. The third-order valence-electron chi connectivity index (χ3n) is 9.00. The number of nitrogens with zero attached hydrogens (tertiary/aromatic N) is 2. The smallest absolute Gasteiger partial charge is 0.506 e. The SMILES string of the molecule is O=C(Nc1ccccc1)C1=Cc2ccccc2C(=NNc2cc(Cl)ccc2O)C1=O.O=C(Nc1ccccc1)C1=Cc2ccccc2C(=NNc2cc(Cl)ccc2O)C1=O.[Fe].[H+]. The zero-order chi connectivity index (χ0) is 42.2. The minimum Gasteiger partial charge on any atom is -0.506 e. The monoisotopic (exact) mass is 891 g/mol. The number of carbonyl (C=O) groups is 4. The molecule has 0 bridgehead atoms. The van der Waals surface area contributed by atoms with Gasteiger partial charge in [-0.25, -0.2) is 0 Å². The van der Waals surface area contributed by atoms with Gasteiger partial charge in [0.2, 0.25) is 11.6 Å². The first-order valence-electron chi connectivity index (χ1n) is 18.1. The van der Waals surface area contributed by atoms with Crippen LogP contribution in [0.1, 0.15) is 23.7 Å². The second kappa shape index (κ2) is 19.6. The van der Waals surface area contributed by atoms with Crippen molar-refractivity contribution in [2.24, 2.45) is 10.2 Å². The van der Waals surface area contributed by atoms with Gasteiger partial charge in [-0.2, -0.15) is 10.2 Å². The number of carbonyl (C=O) groups excluding carboxylic acids is 4. The van der Waals surface area contributed by atoms with E-state index in [4.69, 9.17) is 23.2 Å². The molecule has 6 N–H and O–H groups in total. The fraction of sp³-hybridized carbons (Fsp3) is 0. The fourth-order valence-electron chi connectivity index (χ4n) is 6.05. The van der Waals surface area contributed by atoms with Gasteiger partial charge in [-0.05, 0) is 83.9 Å². The quantitative estimate of drug-likeness (QED) is 0.0379. The number of hydrogen-bond acceptors (Lipinski definition) is 10. The third kappa shape index (κ3) is 10.3. The Bertz CT molecular complexity index is 2610. The second-order valence-electron chi connectivity index (χ2n) is 13.1. The molecule has 0 aliphatic heterocycles. The molecule has 6 aromatic carbocycles. The first kappa shape index (κ1) is 43.3. The second-order valence-corrected chi connectivity index (χ2v) is 13.9. The number of fused-ring (bicyclic) bond motifs is 2. The number of phenolic OH excluding ortho intramolecular Hbond substituents is 2. The number of Topliss-reactive ketones (excluding diaryl/α,β-unsaturated/α-hetero) is 2. The van der Waals surface area contributed by atoms with Gasteiger partial charge < -0.3 is 20.8 Å². The molecule has 2 aliphatic rings. The molecule has 0 fully saturated rings. The van der Waals surface area contributed by atoms with Crippen LogP contribution in [0.2, 0.25) is 10.0 Å². The maximum absolute atomic E-state index is 13.1. The Morgan fingerprint density at radius 3 is 1.26 bits per heavy atom. The standard InChI is InChI=1S/2C23H16ClN3O3.Fe/c2*24-15-10-11-20(28)19(13-15)26-27-21-17-9-5-4-6-14(17)12-18(22(21)29)23(30)25-16-7-2-1-3-8-16;/h2*1-13,26,28H,(H,25,30);/p+1. The van der Waals surface area contributed by atoms with Crippen LogP contribution in [0.4, 0.5) is 22.7 Å². The molecule has 15 heteroatoms. The summed E-state index contributed by atoms with van der Waals surface area (Å²) in [6.45, 7) is 0. The summed E-state index contributed by atoms with van der Waals surface area (Å²) in [5.41, 5.74) is 9.58. The summed E-state index contributed by atoms with van der Waals surface area (Å²) in [5.74, 6) is -2.26. The Morgan fingerprint density at radius 1 is 0.508 bits per heavy atom. The Labute approximate surface area is 371 Å². The van der Waals surface area contributed by atoms with Crippen molar-refractivity contribution in [1.82, 2.24) is 0 Å².